The fourth-order valence-corrected chi connectivity index (χ4v) is 3.81. The van der Waals surface area contributed by atoms with Gasteiger partial charge >= 0.3 is 0 Å². The Labute approximate surface area is 122 Å². The van der Waals surface area contributed by atoms with Crippen molar-refractivity contribution in [2.45, 2.75) is 30.7 Å². The molecule has 1 fully saturated rings. The second-order valence-corrected chi connectivity index (χ2v) is 7.65. The first kappa shape index (κ1) is 15.3. The molecule has 0 amide bonds. The molecule has 112 valence electrons. The maximum absolute atomic E-state index is 11.9. The van der Waals surface area contributed by atoms with Gasteiger partial charge in [-0.1, -0.05) is 12.1 Å². The standard InChI is InChI=1S/C15H24N2O2S/c1-12(16-2)13-7-6-10-17(11-13)14-8-4-5-9-15(14)20(3,18)19/h4-5,8-9,12-13,16H,6-7,10-11H2,1-3H3. The van der Waals surface area contributed by atoms with E-state index in [4.69, 9.17) is 0 Å². The smallest absolute Gasteiger partial charge is 0.177 e. The second-order valence-electron chi connectivity index (χ2n) is 5.67. The first-order chi connectivity index (χ1) is 9.43. The van der Waals surface area contributed by atoms with Crippen molar-refractivity contribution in [2.24, 2.45) is 5.92 Å². The van der Waals surface area contributed by atoms with Crippen LogP contribution in [0, 0.1) is 5.92 Å². The lowest BCUT2D eigenvalue weighted by Crippen LogP contribution is -2.43. The van der Waals surface area contributed by atoms with Gasteiger partial charge < -0.3 is 10.2 Å². The zero-order chi connectivity index (χ0) is 14.8. The minimum absolute atomic E-state index is 0.442. The highest BCUT2D eigenvalue weighted by Gasteiger charge is 2.26. The van der Waals surface area contributed by atoms with E-state index in [1.807, 2.05) is 19.2 Å². The summed E-state index contributed by atoms with van der Waals surface area (Å²) >= 11 is 0. The number of benzene rings is 1. The SMILES string of the molecule is CNC(C)C1CCCN(c2ccccc2S(C)(=O)=O)C1. The Morgan fingerprint density at radius 3 is 2.70 bits per heavy atom. The third kappa shape index (κ3) is 3.33. The number of nitrogens with zero attached hydrogens (tertiary/aromatic N) is 1. The summed E-state index contributed by atoms with van der Waals surface area (Å²) in [6.45, 7) is 4.03. The molecule has 0 radical (unpaired) electrons. The molecule has 1 N–H and O–H groups in total. The third-order valence-electron chi connectivity index (χ3n) is 4.23. The minimum Gasteiger partial charge on any atom is -0.370 e. The molecular weight excluding hydrogens is 272 g/mol. The predicted octanol–water partition coefficient (Wildman–Crippen LogP) is 1.91. The molecule has 1 heterocycles. The van der Waals surface area contributed by atoms with E-state index in [2.05, 4.69) is 17.1 Å². The molecule has 0 spiro atoms. The molecule has 1 saturated heterocycles. The van der Waals surface area contributed by atoms with Gasteiger partial charge in [0.2, 0.25) is 0 Å². The van der Waals surface area contributed by atoms with Crippen LogP contribution in [0.25, 0.3) is 0 Å². The zero-order valence-electron chi connectivity index (χ0n) is 12.5. The number of nitrogens with one attached hydrogen (secondary N) is 1. The Balaban J connectivity index is 2.28. The van der Waals surface area contributed by atoms with E-state index in [1.54, 1.807) is 12.1 Å². The van der Waals surface area contributed by atoms with Gasteiger partial charge in [0.25, 0.3) is 0 Å². The Morgan fingerprint density at radius 1 is 1.35 bits per heavy atom. The molecule has 0 aliphatic carbocycles. The molecule has 1 aliphatic heterocycles. The molecule has 1 aromatic carbocycles. The maximum atomic E-state index is 11.9. The van der Waals surface area contributed by atoms with Crippen LogP contribution in [0.2, 0.25) is 0 Å². The second kappa shape index (κ2) is 6.14. The van der Waals surface area contributed by atoms with Gasteiger partial charge in [-0.25, -0.2) is 8.42 Å². The Bertz CT molecular complexity index is 557. The van der Waals surface area contributed by atoms with E-state index in [1.165, 1.54) is 12.7 Å². The summed E-state index contributed by atoms with van der Waals surface area (Å²) in [7, 11) is -1.20. The van der Waals surface area contributed by atoms with Crippen LogP contribution in [0.5, 0.6) is 0 Å². The Kier molecular flexibility index (Phi) is 4.70. The lowest BCUT2D eigenvalue weighted by molar-refractivity contribution is 0.332. The van der Waals surface area contributed by atoms with E-state index >= 15 is 0 Å². The quantitative estimate of drug-likeness (QED) is 0.922. The zero-order valence-corrected chi connectivity index (χ0v) is 13.3. The number of hydrogen-bond donors (Lipinski definition) is 1. The van der Waals surface area contributed by atoms with E-state index in [9.17, 15) is 8.42 Å². The summed E-state index contributed by atoms with van der Waals surface area (Å²) in [5, 5.41) is 3.31. The van der Waals surface area contributed by atoms with Crippen LogP contribution in [0.15, 0.2) is 29.2 Å². The molecule has 0 saturated carbocycles. The molecule has 1 aromatic rings. The van der Waals surface area contributed by atoms with Gasteiger partial charge in [-0.2, -0.15) is 0 Å². The van der Waals surface area contributed by atoms with Crippen molar-refractivity contribution in [3.8, 4) is 0 Å². The molecule has 5 heteroatoms. The molecule has 2 atom stereocenters. The fraction of sp³-hybridized carbons (Fsp3) is 0.600. The van der Waals surface area contributed by atoms with Gasteiger partial charge in [-0.05, 0) is 44.9 Å². The van der Waals surface area contributed by atoms with Gasteiger partial charge in [0, 0.05) is 25.4 Å². The number of piperidine rings is 1. The normalized spacial score (nSPS) is 21.8. The van der Waals surface area contributed by atoms with E-state index in [0.29, 0.717) is 16.9 Å². The topological polar surface area (TPSA) is 49.4 Å². The van der Waals surface area contributed by atoms with Crippen molar-refractivity contribution < 1.29 is 8.42 Å². The Hall–Kier alpha value is -1.07. The maximum Gasteiger partial charge on any atom is 0.177 e. The molecule has 0 aromatic heterocycles. The number of rotatable bonds is 4. The predicted molar refractivity (Wildman–Crippen MR) is 83.0 cm³/mol. The lowest BCUT2D eigenvalue weighted by atomic mass is 9.91. The highest BCUT2D eigenvalue weighted by atomic mass is 32.2. The molecule has 2 rings (SSSR count). The van der Waals surface area contributed by atoms with Crippen molar-refractivity contribution in [1.29, 1.82) is 0 Å². The largest absolute Gasteiger partial charge is 0.370 e. The molecule has 4 nitrogen and oxygen atoms in total. The minimum atomic E-state index is -3.18. The summed E-state index contributed by atoms with van der Waals surface area (Å²) in [5.41, 5.74) is 0.850. The molecule has 1 aliphatic rings. The first-order valence-corrected chi connectivity index (χ1v) is 9.04. The van der Waals surface area contributed by atoms with Gasteiger partial charge in [0.05, 0.1) is 10.6 Å². The number of anilines is 1. The van der Waals surface area contributed by atoms with Gasteiger partial charge in [0.1, 0.15) is 0 Å². The number of para-hydroxylation sites is 1. The van der Waals surface area contributed by atoms with Crippen LogP contribution in [0.1, 0.15) is 19.8 Å². The summed E-state index contributed by atoms with van der Waals surface area (Å²) in [6, 6.07) is 7.77. The average Bonchev–Trinajstić information content (AvgIpc) is 2.45. The molecule has 20 heavy (non-hydrogen) atoms. The molecular formula is C15H24N2O2S. The van der Waals surface area contributed by atoms with E-state index < -0.39 is 9.84 Å². The van der Waals surface area contributed by atoms with Crippen LogP contribution in [-0.2, 0) is 9.84 Å². The monoisotopic (exact) mass is 296 g/mol. The van der Waals surface area contributed by atoms with Crippen molar-refractivity contribution in [3.05, 3.63) is 24.3 Å². The lowest BCUT2D eigenvalue weighted by Gasteiger charge is -2.37. The van der Waals surface area contributed by atoms with Gasteiger partial charge in [-0.15, -0.1) is 0 Å². The van der Waals surface area contributed by atoms with E-state index in [0.717, 1.165) is 25.2 Å². The first-order valence-electron chi connectivity index (χ1n) is 7.14. The van der Waals surface area contributed by atoms with Gasteiger partial charge in [0.15, 0.2) is 9.84 Å². The van der Waals surface area contributed by atoms with Crippen LogP contribution < -0.4 is 10.2 Å². The molecule has 2 unspecified atom stereocenters. The highest BCUT2D eigenvalue weighted by molar-refractivity contribution is 7.90. The summed E-state index contributed by atoms with van der Waals surface area (Å²) in [4.78, 5) is 2.66. The van der Waals surface area contributed by atoms with E-state index in [-0.39, 0.29) is 0 Å². The molecule has 0 bridgehead atoms. The summed E-state index contributed by atoms with van der Waals surface area (Å²) in [6.07, 6.45) is 3.58. The van der Waals surface area contributed by atoms with Crippen LogP contribution in [-0.4, -0.2) is 40.9 Å². The van der Waals surface area contributed by atoms with Crippen molar-refractivity contribution in [1.82, 2.24) is 5.32 Å². The average molecular weight is 296 g/mol. The number of hydrogen-bond acceptors (Lipinski definition) is 4. The van der Waals surface area contributed by atoms with Crippen molar-refractivity contribution in [3.63, 3.8) is 0 Å². The van der Waals surface area contributed by atoms with Gasteiger partial charge in [-0.3, -0.25) is 0 Å². The number of sulfone groups is 1. The summed E-state index contributed by atoms with van der Waals surface area (Å²) < 4.78 is 23.9. The van der Waals surface area contributed by atoms with Crippen molar-refractivity contribution in [2.75, 3.05) is 31.3 Å². The third-order valence-corrected chi connectivity index (χ3v) is 5.37. The Morgan fingerprint density at radius 2 is 2.05 bits per heavy atom. The van der Waals surface area contributed by atoms with Crippen LogP contribution in [0.4, 0.5) is 5.69 Å². The highest BCUT2D eigenvalue weighted by Crippen LogP contribution is 2.30. The van der Waals surface area contributed by atoms with Crippen LogP contribution >= 0.6 is 0 Å². The summed E-state index contributed by atoms with van der Waals surface area (Å²) in [5.74, 6) is 0.557. The van der Waals surface area contributed by atoms with Crippen molar-refractivity contribution >= 4 is 15.5 Å². The fourth-order valence-electron chi connectivity index (χ4n) is 2.90. The van der Waals surface area contributed by atoms with Crippen LogP contribution in [0.3, 0.4) is 0 Å².